The van der Waals surface area contributed by atoms with E-state index in [1.54, 1.807) is 60.7 Å². The second-order valence-electron chi connectivity index (χ2n) is 8.29. The Labute approximate surface area is 222 Å². The summed E-state index contributed by atoms with van der Waals surface area (Å²) in [5.74, 6) is 0.223. The number of hydrogen-bond acceptors (Lipinski definition) is 7. The zero-order valence-corrected chi connectivity index (χ0v) is 21.2. The number of carbonyl (C=O) groups is 2. The molecule has 2 amide bonds. The van der Waals surface area contributed by atoms with Gasteiger partial charge in [0.15, 0.2) is 6.10 Å². The second-order valence-corrected chi connectivity index (χ2v) is 8.29. The van der Waals surface area contributed by atoms with Gasteiger partial charge in [0, 0.05) is 12.8 Å². The van der Waals surface area contributed by atoms with Crippen molar-refractivity contribution >= 4 is 29.1 Å². The van der Waals surface area contributed by atoms with Gasteiger partial charge in [0.05, 0.1) is 24.1 Å². The lowest BCUT2D eigenvalue weighted by molar-refractivity contribution is -0.111. The normalized spacial score (nSPS) is 12.5. The lowest BCUT2D eigenvalue weighted by Crippen LogP contribution is -2.28. The van der Waals surface area contributed by atoms with Crippen LogP contribution in [0.4, 0.5) is 21.9 Å². The van der Waals surface area contributed by atoms with Crippen LogP contribution in [0.1, 0.15) is 24.5 Å². The molecule has 9 heteroatoms. The summed E-state index contributed by atoms with van der Waals surface area (Å²) in [4.78, 5) is 25.0. The first kappa shape index (κ1) is 28.2. The Morgan fingerprint density at radius 3 is 2.50 bits per heavy atom. The van der Waals surface area contributed by atoms with Crippen molar-refractivity contribution in [1.82, 2.24) is 0 Å². The van der Waals surface area contributed by atoms with Crippen LogP contribution in [-0.2, 0) is 14.3 Å². The molecule has 38 heavy (non-hydrogen) atoms. The average Bonchev–Trinajstić information content (AvgIpc) is 2.93. The predicted molar refractivity (Wildman–Crippen MR) is 147 cm³/mol. The number of nitrogen functional groups attached to an aromatic ring is 1. The fraction of sp³-hybridized carbons (Fsp3) is 0.241. The summed E-state index contributed by atoms with van der Waals surface area (Å²) < 4.78 is 17.1. The molecule has 0 aliphatic carbocycles. The Kier molecular flexibility index (Phi) is 11.2. The van der Waals surface area contributed by atoms with Gasteiger partial charge in [-0.2, -0.15) is 0 Å². The van der Waals surface area contributed by atoms with Crippen molar-refractivity contribution in [2.24, 2.45) is 0 Å². The van der Waals surface area contributed by atoms with Gasteiger partial charge in [0.25, 0.3) is 0 Å². The molecule has 5 N–H and O–H groups in total. The van der Waals surface area contributed by atoms with Crippen LogP contribution >= 0.6 is 0 Å². The minimum atomic E-state index is -0.771. The number of aliphatic hydroxyl groups is 1. The Morgan fingerprint density at radius 1 is 1.00 bits per heavy atom. The van der Waals surface area contributed by atoms with E-state index < -0.39 is 18.3 Å². The molecule has 0 aromatic heterocycles. The van der Waals surface area contributed by atoms with Crippen LogP contribution in [0.3, 0.4) is 0 Å². The monoisotopic (exact) mass is 519 g/mol. The number of allylic oxidation sites excluding steroid dienone is 1. The van der Waals surface area contributed by atoms with Crippen LogP contribution in [0.5, 0.6) is 5.75 Å². The summed E-state index contributed by atoms with van der Waals surface area (Å²) in [6, 6.07) is 23.1. The van der Waals surface area contributed by atoms with Crippen LogP contribution in [0, 0.1) is 0 Å². The predicted octanol–water partition coefficient (Wildman–Crippen LogP) is 4.92. The van der Waals surface area contributed by atoms with Crippen molar-refractivity contribution < 1.29 is 28.9 Å². The maximum absolute atomic E-state index is 12.8. The summed E-state index contributed by atoms with van der Waals surface area (Å²) in [7, 11) is 1.54. The smallest absolute Gasteiger partial charge is 0.412 e. The Bertz CT molecular complexity index is 1200. The van der Waals surface area contributed by atoms with Crippen molar-refractivity contribution in [3.8, 4) is 5.75 Å². The summed E-state index contributed by atoms with van der Waals surface area (Å²) in [6.45, 7) is 0.0137. The van der Waals surface area contributed by atoms with Crippen LogP contribution in [0.15, 0.2) is 91.0 Å². The minimum Gasteiger partial charge on any atom is -0.491 e. The molecule has 3 aromatic rings. The molecule has 0 radical (unpaired) electrons. The topological polar surface area (TPSA) is 132 Å². The number of amides is 2. The number of benzene rings is 3. The molecule has 200 valence electrons. The molecule has 0 aliphatic rings. The second kappa shape index (κ2) is 15.0. The largest absolute Gasteiger partial charge is 0.491 e. The van der Waals surface area contributed by atoms with E-state index in [-0.39, 0.29) is 19.1 Å². The Morgan fingerprint density at radius 2 is 1.76 bits per heavy atom. The molecule has 0 aliphatic heterocycles. The fourth-order valence-corrected chi connectivity index (χ4v) is 3.72. The molecule has 0 saturated carbocycles. The maximum Gasteiger partial charge on any atom is 0.412 e. The van der Waals surface area contributed by atoms with Gasteiger partial charge in [-0.25, -0.2) is 4.79 Å². The third-order valence-corrected chi connectivity index (χ3v) is 5.55. The summed E-state index contributed by atoms with van der Waals surface area (Å²) >= 11 is 0. The number of rotatable bonds is 13. The summed E-state index contributed by atoms with van der Waals surface area (Å²) in [5.41, 5.74) is 8.15. The van der Waals surface area contributed by atoms with E-state index in [2.05, 4.69) is 10.6 Å². The van der Waals surface area contributed by atoms with Gasteiger partial charge in [-0.15, -0.1) is 0 Å². The maximum atomic E-state index is 12.8. The van der Waals surface area contributed by atoms with E-state index in [0.29, 0.717) is 41.2 Å². The first-order chi connectivity index (χ1) is 18.5. The van der Waals surface area contributed by atoms with E-state index in [4.69, 9.17) is 25.1 Å². The average molecular weight is 520 g/mol. The highest BCUT2D eigenvalue weighted by atomic mass is 16.6. The fourth-order valence-electron chi connectivity index (χ4n) is 3.72. The van der Waals surface area contributed by atoms with Crippen molar-refractivity contribution in [1.29, 1.82) is 0 Å². The number of aliphatic hydroxyl groups excluding tert-OH is 1. The number of hydrogen-bond donors (Lipinski definition) is 4. The number of para-hydroxylation sites is 3. The van der Waals surface area contributed by atoms with Crippen LogP contribution in [0.25, 0.3) is 0 Å². The molecule has 0 saturated heterocycles. The van der Waals surface area contributed by atoms with E-state index in [9.17, 15) is 9.59 Å². The van der Waals surface area contributed by atoms with Gasteiger partial charge in [-0.1, -0.05) is 48.5 Å². The van der Waals surface area contributed by atoms with Crippen LogP contribution in [-0.4, -0.2) is 43.5 Å². The first-order valence-corrected chi connectivity index (χ1v) is 12.2. The highest BCUT2D eigenvalue weighted by molar-refractivity contribution is 6.01. The molecule has 0 unspecified atom stereocenters. The van der Waals surface area contributed by atoms with Gasteiger partial charge in [0.1, 0.15) is 12.4 Å². The first-order valence-electron chi connectivity index (χ1n) is 12.2. The number of methoxy groups -OCH3 is 1. The van der Waals surface area contributed by atoms with Crippen LogP contribution in [0.2, 0.25) is 0 Å². The zero-order chi connectivity index (χ0) is 27.2. The molecule has 0 heterocycles. The van der Waals surface area contributed by atoms with Crippen molar-refractivity contribution in [3.63, 3.8) is 0 Å². The molecular weight excluding hydrogens is 486 g/mol. The third-order valence-electron chi connectivity index (χ3n) is 5.55. The van der Waals surface area contributed by atoms with Gasteiger partial charge in [-0.3, -0.25) is 10.1 Å². The number of anilines is 3. The lowest BCUT2D eigenvalue weighted by Gasteiger charge is -2.26. The molecule has 0 fully saturated rings. The quantitative estimate of drug-likeness (QED) is 0.186. The lowest BCUT2D eigenvalue weighted by atomic mass is 10.00. The van der Waals surface area contributed by atoms with Gasteiger partial charge < -0.3 is 30.4 Å². The minimum absolute atomic E-state index is 0.124. The molecule has 3 rings (SSSR count). The van der Waals surface area contributed by atoms with E-state index in [0.717, 1.165) is 0 Å². The number of nitrogens with two attached hydrogens (primary N) is 1. The molecular formula is C29H33N3O6. The summed E-state index contributed by atoms with van der Waals surface area (Å²) in [6.07, 6.45) is 2.16. The van der Waals surface area contributed by atoms with E-state index in [1.807, 2.05) is 24.3 Å². The van der Waals surface area contributed by atoms with Gasteiger partial charge in [0.2, 0.25) is 5.91 Å². The molecule has 2 atom stereocenters. The van der Waals surface area contributed by atoms with Crippen molar-refractivity contribution in [2.45, 2.75) is 25.0 Å². The van der Waals surface area contributed by atoms with Crippen molar-refractivity contribution in [3.05, 3.63) is 96.6 Å². The molecule has 0 spiro atoms. The standard InChI is InChI=1S/C29H33N3O6/c1-36-26(16-7-8-17-27(34)32-25-15-6-5-14-24(25)30)28(21-10-9-13-23(20-21)37-19-18-33)38-29(35)31-22-11-3-2-4-12-22/h2-6,8-15,17,20,26,28,33H,7,16,18-19,30H2,1H3,(H,31,35)(H,32,34)/b17-8+/t26-,28-/m0/s1. The molecule has 9 nitrogen and oxygen atoms in total. The number of nitrogens with one attached hydrogen (secondary N) is 2. The van der Waals surface area contributed by atoms with Gasteiger partial charge in [-0.05, 0) is 60.9 Å². The number of carbonyl (C=O) groups excluding carboxylic acids is 2. The zero-order valence-electron chi connectivity index (χ0n) is 21.2. The SMILES string of the molecule is CO[C@@H](CC/C=C/C(=O)Nc1ccccc1N)[C@@H](OC(=O)Nc1ccccc1)c1cccc(OCCO)c1. The highest BCUT2D eigenvalue weighted by Crippen LogP contribution is 2.30. The van der Waals surface area contributed by atoms with E-state index >= 15 is 0 Å². The number of ether oxygens (including phenoxy) is 3. The Hall–Kier alpha value is -4.34. The van der Waals surface area contributed by atoms with Crippen molar-refractivity contribution in [2.75, 3.05) is 36.7 Å². The van der Waals surface area contributed by atoms with E-state index in [1.165, 1.54) is 13.2 Å². The third kappa shape index (κ3) is 8.95. The Balaban J connectivity index is 1.69. The van der Waals surface area contributed by atoms with Gasteiger partial charge >= 0.3 is 6.09 Å². The summed E-state index contributed by atoms with van der Waals surface area (Å²) in [5, 5.41) is 14.5. The highest BCUT2D eigenvalue weighted by Gasteiger charge is 2.27. The molecule has 3 aromatic carbocycles. The molecule has 0 bridgehead atoms. The van der Waals surface area contributed by atoms with Crippen LogP contribution < -0.4 is 21.1 Å².